The Morgan fingerprint density at radius 2 is 1.56 bits per heavy atom. The van der Waals surface area contributed by atoms with Crippen molar-refractivity contribution in [3.05, 3.63) is 35.4 Å². The minimum atomic E-state index is -0.117. The van der Waals surface area contributed by atoms with Gasteiger partial charge in [-0.15, -0.1) is 0 Å². The SMILES string of the molecule is CCc1ccc(CC(=O)NC2CCCCC2NC(=O)CCC=O)cc1. The molecule has 0 saturated heterocycles. The highest BCUT2D eigenvalue weighted by Crippen LogP contribution is 2.19. The predicted molar refractivity (Wildman–Crippen MR) is 97.2 cm³/mol. The molecule has 0 aliphatic heterocycles. The fourth-order valence-electron chi connectivity index (χ4n) is 3.28. The van der Waals surface area contributed by atoms with Crippen LogP contribution in [0.4, 0.5) is 0 Å². The van der Waals surface area contributed by atoms with Gasteiger partial charge in [-0.25, -0.2) is 0 Å². The van der Waals surface area contributed by atoms with Crippen LogP contribution < -0.4 is 10.6 Å². The van der Waals surface area contributed by atoms with Gasteiger partial charge in [0.2, 0.25) is 11.8 Å². The molecule has 1 aliphatic carbocycles. The lowest BCUT2D eigenvalue weighted by molar-refractivity contribution is -0.125. The van der Waals surface area contributed by atoms with Gasteiger partial charge in [-0.05, 0) is 30.4 Å². The fraction of sp³-hybridized carbons (Fsp3) is 0.550. The summed E-state index contributed by atoms with van der Waals surface area (Å²) in [4.78, 5) is 34.6. The number of carbonyl (C=O) groups excluding carboxylic acids is 3. The van der Waals surface area contributed by atoms with Crippen LogP contribution in [0.3, 0.4) is 0 Å². The Balaban J connectivity index is 1.87. The maximum Gasteiger partial charge on any atom is 0.224 e. The lowest BCUT2D eigenvalue weighted by atomic mass is 9.90. The zero-order valence-electron chi connectivity index (χ0n) is 14.9. The van der Waals surface area contributed by atoms with Crippen molar-refractivity contribution in [2.75, 3.05) is 0 Å². The lowest BCUT2D eigenvalue weighted by Crippen LogP contribution is -2.53. The van der Waals surface area contributed by atoms with E-state index >= 15 is 0 Å². The van der Waals surface area contributed by atoms with E-state index in [1.807, 2.05) is 12.1 Å². The number of hydrogen-bond donors (Lipinski definition) is 2. The Morgan fingerprint density at radius 3 is 2.12 bits per heavy atom. The van der Waals surface area contributed by atoms with Gasteiger partial charge in [-0.2, -0.15) is 0 Å². The summed E-state index contributed by atoms with van der Waals surface area (Å²) < 4.78 is 0. The van der Waals surface area contributed by atoms with Gasteiger partial charge in [0.15, 0.2) is 0 Å². The molecule has 1 aliphatic rings. The van der Waals surface area contributed by atoms with Gasteiger partial charge in [-0.3, -0.25) is 9.59 Å². The molecular formula is C20H28N2O3. The second-order valence-corrected chi connectivity index (χ2v) is 6.68. The molecule has 1 fully saturated rings. The second-order valence-electron chi connectivity index (χ2n) is 6.68. The number of benzene rings is 1. The number of aryl methyl sites for hydroxylation is 1. The molecule has 0 spiro atoms. The lowest BCUT2D eigenvalue weighted by Gasteiger charge is -2.32. The molecule has 2 amide bonds. The predicted octanol–water partition coefficient (Wildman–Crippen LogP) is 2.31. The average molecular weight is 344 g/mol. The van der Waals surface area contributed by atoms with E-state index in [4.69, 9.17) is 0 Å². The van der Waals surface area contributed by atoms with E-state index in [1.165, 1.54) is 5.56 Å². The Morgan fingerprint density at radius 1 is 1.00 bits per heavy atom. The molecule has 0 aromatic heterocycles. The maximum atomic E-state index is 12.4. The smallest absolute Gasteiger partial charge is 0.224 e. The topological polar surface area (TPSA) is 75.3 Å². The molecule has 1 aromatic rings. The summed E-state index contributed by atoms with van der Waals surface area (Å²) in [6.45, 7) is 2.11. The maximum absolute atomic E-state index is 12.4. The van der Waals surface area contributed by atoms with E-state index in [2.05, 4.69) is 29.7 Å². The monoisotopic (exact) mass is 344 g/mol. The van der Waals surface area contributed by atoms with Gasteiger partial charge in [-0.1, -0.05) is 44.0 Å². The summed E-state index contributed by atoms with van der Waals surface area (Å²) in [5.41, 5.74) is 2.26. The first kappa shape index (κ1) is 19.2. The van der Waals surface area contributed by atoms with E-state index in [1.54, 1.807) is 0 Å². The third-order valence-corrected chi connectivity index (χ3v) is 4.74. The average Bonchev–Trinajstić information content (AvgIpc) is 2.62. The molecule has 2 N–H and O–H groups in total. The van der Waals surface area contributed by atoms with Crippen molar-refractivity contribution in [2.24, 2.45) is 0 Å². The molecule has 0 radical (unpaired) electrons. The molecule has 0 bridgehead atoms. The summed E-state index contributed by atoms with van der Waals surface area (Å²) in [6, 6.07) is 8.03. The van der Waals surface area contributed by atoms with Crippen LogP contribution in [-0.4, -0.2) is 30.2 Å². The quantitative estimate of drug-likeness (QED) is 0.711. The van der Waals surface area contributed by atoms with Crippen LogP contribution >= 0.6 is 0 Å². The number of nitrogens with one attached hydrogen (secondary N) is 2. The zero-order valence-corrected chi connectivity index (χ0v) is 14.9. The number of carbonyl (C=O) groups is 3. The van der Waals surface area contributed by atoms with Crippen LogP contribution in [0.1, 0.15) is 56.6 Å². The Bertz CT molecular complexity index is 583. The van der Waals surface area contributed by atoms with E-state index in [9.17, 15) is 14.4 Å². The largest absolute Gasteiger partial charge is 0.351 e. The molecule has 2 atom stereocenters. The van der Waals surface area contributed by atoms with Crippen molar-refractivity contribution in [1.82, 2.24) is 10.6 Å². The van der Waals surface area contributed by atoms with Crippen molar-refractivity contribution in [1.29, 1.82) is 0 Å². The number of aldehydes is 1. The molecule has 1 aromatic carbocycles. The van der Waals surface area contributed by atoms with Crippen LogP contribution in [0.2, 0.25) is 0 Å². The summed E-state index contributed by atoms with van der Waals surface area (Å²) >= 11 is 0. The molecule has 5 heteroatoms. The molecule has 5 nitrogen and oxygen atoms in total. The van der Waals surface area contributed by atoms with E-state index in [-0.39, 0.29) is 36.7 Å². The Labute approximate surface area is 149 Å². The van der Waals surface area contributed by atoms with Crippen LogP contribution in [0.5, 0.6) is 0 Å². The minimum absolute atomic E-state index is 0.0108. The molecule has 2 unspecified atom stereocenters. The molecule has 1 saturated carbocycles. The Kier molecular flexibility index (Phi) is 7.64. The minimum Gasteiger partial charge on any atom is -0.351 e. The third-order valence-electron chi connectivity index (χ3n) is 4.74. The van der Waals surface area contributed by atoms with E-state index in [0.717, 1.165) is 44.0 Å². The van der Waals surface area contributed by atoms with Gasteiger partial charge >= 0.3 is 0 Å². The number of rotatable bonds is 8. The van der Waals surface area contributed by atoms with Gasteiger partial charge < -0.3 is 15.4 Å². The number of amides is 2. The van der Waals surface area contributed by atoms with E-state index in [0.29, 0.717) is 6.42 Å². The van der Waals surface area contributed by atoms with Crippen LogP contribution in [0.15, 0.2) is 24.3 Å². The molecular weight excluding hydrogens is 316 g/mol. The highest BCUT2D eigenvalue weighted by molar-refractivity contribution is 5.80. The van der Waals surface area contributed by atoms with Gasteiger partial charge in [0.25, 0.3) is 0 Å². The third kappa shape index (κ3) is 6.33. The highest BCUT2D eigenvalue weighted by atomic mass is 16.2. The van der Waals surface area contributed by atoms with Crippen molar-refractivity contribution < 1.29 is 14.4 Å². The molecule has 2 rings (SSSR count). The second kappa shape index (κ2) is 9.97. The Hall–Kier alpha value is -2.17. The van der Waals surface area contributed by atoms with Crippen molar-refractivity contribution in [3.8, 4) is 0 Å². The number of hydrogen-bond acceptors (Lipinski definition) is 3. The molecule has 0 heterocycles. The zero-order chi connectivity index (χ0) is 18.1. The van der Waals surface area contributed by atoms with Crippen molar-refractivity contribution >= 4 is 18.1 Å². The summed E-state index contributed by atoms with van der Waals surface area (Å²) in [5.74, 6) is -0.128. The van der Waals surface area contributed by atoms with Crippen molar-refractivity contribution in [2.45, 2.75) is 70.4 Å². The normalized spacial score (nSPS) is 19.9. The van der Waals surface area contributed by atoms with Gasteiger partial charge in [0, 0.05) is 24.9 Å². The standard InChI is InChI=1S/C20H28N2O3/c1-2-15-9-11-16(12-10-15)14-20(25)22-18-7-4-3-6-17(18)21-19(24)8-5-13-23/h9-13,17-18H,2-8,14H2,1H3,(H,21,24)(H,22,25). The summed E-state index contributed by atoms with van der Waals surface area (Å²) in [7, 11) is 0. The first-order chi connectivity index (χ1) is 12.1. The van der Waals surface area contributed by atoms with Crippen molar-refractivity contribution in [3.63, 3.8) is 0 Å². The van der Waals surface area contributed by atoms with Gasteiger partial charge in [0.05, 0.1) is 6.42 Å². The summed E-state index contributed by atoms with van der Waals surface area (Å²) in [6.07, 6.45) is 6.38. The van der Waals surface area contributed by atoms with Crippen LogP contribution in [0.25, 0.3) is 0 Å². The van der Waals surface area contributed by atoms with Gasteiger partial charge in [0.1, 0.15) is 6.29 Å². The summed E-state index contributed by atoms with van der Waals surface area (Å²) in [5, 5.41) is 6.06. The van der Waals surface area contributed by atoms with E-state index < -0.39 is 0 Å². The first-order valence-electron chi connectivity index (χ1n) is 9.22. The first-order valence-corrected chi connectivity index (χ1v) is 9.22. The molecule has 136 valence electrons. The highest BCUT2D eigenvalue weighted by Gasteiger charge is 2.27. The fourth-order valence-corrected chi connectivity index (χ4v) is 3.28. The van der Waals surface area contributed by atoms with Crippen LogP contribution in [-0.2, 0) is 27.2 Å². The molecule has 25 heavy (non-hydrogen) atoms. The van der Waals surface area contributed by atoms with Crippen LogP contribution in [0, 0.1) is 0 Å².